The molecule has 2 heterocycles. The van der Waals surface area contributed by atoms with Gasteiger partial charge in [-0.25, -0.2) is 0 Å². The molecule has 0 aromatic heterocycles. The van der Waals surface area contributed by atoms with E-state index < -0.39 is 0 Å². The molecule has 2 aliphatic heterocycles. The van der Waals surface area contributed by atoms with Crippen molar-refractivity contribution in [2.24, 2.45) is 11.7 Å². The Kier molecular flexibility index (Phi) is 4.57. The molecule has 1 saturated heterocycles. The quantitative estimate of drug-likeness (QED) is 0.414. The molecule has 2 bridgehead atoms. The lowest BCUT2D eigenvalue weighted by molar-refractivity contribution is -0.149. The fourth-order valence-corrected chi connectivity index (χ4v) is 2.38. The summed E-state index contributed by atoms with van der Waals surface area (Å²) in [6.45, 7) is 1.27. The Bertz CT molecular complexity index is 290. The van der Waals surface area contributed by atoms with Crippen molar-refractivity contribution in [2.75, 3.05) is 13.2 Å². The predicted octanol–water partition coefficient (Wildman–Crippen LogP) is 1.39. The molecule has 1 fully saturated rings. The number of ether oxygens (including phenoxy) is 2. The first kappa shape index (κ1) is 12.6. The van der Waals surface area contributed by atoms with E-state index >= 15 is 0 Å². The highest BCUT2D eigenvalue weighted by atomic mass is 16.5. The van der Waals surface area contributed by atoms with Crippen LogP contribution in [0.15, 0.2) is 12.2 Å². The molecule has 0 aromatic rings. The first-order valence-electron chi connectivity index (χ1n) is 6.52. The fraction of sp³-hybridized carbons (Fsp3) is 0.769. The second kappa shape index (κ2) is 6.17. The second-order valence-corrected chi connectivity index (χ2v) is 4.74. The van der Waals surface area contributed by atoms with Crippen molar-refractivity contribution < 1.29 is 14.3 Å². The largest absolute Gasteiger partial charge is 0.465 e. The van der Waals surface area contributed by atoms with Crippen LogP contribution < -0.4 is 5.73 Å². The molecule has 0 spiro atoms. The molecule has 4 heteroatoms. The van der Waals surface area contributed by atoms with Crippen LogP contribution in [0, 0.1) is 5.92 Å². The monoisotopic (exact) mass is 239 g/mol. The molecule has 3 unspecified atom stereocenters. The summed E-state index contributed by atoms with van der Waals surface area (Å²) in [5.41, 5.74) is 5.40. The van der Waals surface area contributed by atoms with Crippen molar-refractivity contribution in [3.8, 4) is 0 Å². The minimum absolute atomic E-state index is 0.0373. The molecule has 17 heavy (non-hydrogen) atoms. The van der Waals surface area contributed by atoms with Gasteiger partial charge < -0.3 is 15.2 Å². The van der Waals surface area contributed by atoms with Crippen molar-refractivity contribution in [3.63, 3.8) is 0 Å². The first-order chi connectivity index (χ1) is 8.31. The molecular formula is C13H21NO3. The van der Waals surface area contributed by atoms with Crippen LogP contribution in [0.1, 0.15) is 32.1 Å². The number of hydrogen-bond acceptors (Lipinski definition) is 4. The van der Waals surface area contributed by atoms with Gasteiger partial charge in [0.25, 0.3) is 0 Å². The summed E-state index contributed by atoms with van der Waals surface area (Å²) in [6, 6.07) is 0. The number of carbonyl (C=O) groups is 1. The van der Waals surface area contributed by atoms with Crippen LogP contribution in [0.25, 0.3) is 0 Å². The average molecular weight is 239 g/mol. The number of fused-ring (bicyclic) bond motifs is 2. The van der Waals surface area contributed by atoms with Crippen LogP contribution in [0.5, 0.6) is 0 Å². The van der Waals surface area contributed by atoms with E-state index in [0.29, 0.717) is 6.61 Å². The predicted molar refractivity (Wildman–Crippen MR) is 64.4 cm³/mol. The lowest BCUT2D eigenvalue weighted by Crippen LogP contribution is -2.25. The number of carbonyl (C=O) groups excluding carboxylic acids is 1. The Hall–Kier alpha value is -0.870. The zero-order valence-electron chi connectivity index (χ0n) is 10.1. The molecular weight excluding hydrogens is 218 g/mol. The molecule has 0 aliphatic carbocycles. The number of rotatable bonds is 7. The lowest BCUT2D eigenvalue weighted by atomic mass is 9.95. The Balaban J connectivity index is 1.57. The van der Waals surface area contributed by atoms with Gasteiger partial charge in [-0.15, -0.1) is 0 Å². The van der Waals surface area contributed by atoms with Crippen LogP contribution in [-0.2, 0) is 14.3 Å². The van der Waals surface area contributed by atoms with Crippen molar-refractivity contribution in [1.82, 2.24) is 0 Å². The summed E-state index contributed by atoms with van der Waals surface area (Å²) < 4.78 is 10.8. The molecule has 2 N–H and O–H groups in total. The van der Waals surface area contributed by atoms with E-state index in [2.05, 4.69) is 0 Å². The van der Waals surface area contributed by atoms with Crippen LogP contribution in [0.2, 0.25) is 0 Å². The highest BCUT2D eigenvalue weighted by molar-refractivity contribution is 5.74. The minimum Gasteiger partial charge on any atom is -0.465 e. The molecule has 96 valence electrons. The maximum Gasteiger partial charge on any atom is 0.312 e. The number of unbranched alkanes of at least 4 members (excludes halogenated alkanes) is 3. The van der Waals surface area contributed by atoms with Gasteiger partial charge in [0.2, 0.25) is 0 Å². The Morgan fingerprint density at radius 1 is 1.29 bits per heavy atom. The number of esters is 1. The van der Waals surface area contributed by atoms with Crippen LogP contribution >= 0.6 is 0 Å². The van der Waals surface area contributed by atoms with Crippen molar-refractivity contribution in [1.29, 1.82) is 0 Å². The van der Waals surface area contributed by atoms with Gasteiger partial charge in [-0.1, -0.05) is 25.0 Å². The van der Waals surface area contributed by atoms with E-state index in [1.54, 1.807) is 0 Å². The summed E-state index contributed by atoms with van der Waals surface area (Å²) in [5, 5.41) is 0. The minimum atomic E-state index is -0.0966. The number of hydrogen-bond donors (Lipinski definition) is 1. The molecule has 4 nitrogen and oxygen atoms in total. The van der Waals surface area contributed by atoms with Crippen molar-refractivity contribution >= 4 is 5.97 Å². The molecule has 0 amide bonds. The summed E-state index contributed by atoms with van der Waals surface area (Å²) in [6.07, 6.45) is 9.08. The smallest absolute Gasteiger partial charge is 0.312 e. The van der Waals surface area contributed by atoms with E-state index in [9.17, 15) is 4.79 Å². The van der Waals surface area contributed by atoms with E-state index in [1.807, 2.05) is 12.2 Å². The first-order valence-corrected chi connectivity index (χ1v) is 6.52. The van der Waals surface area contributed by atoms with Gasteiger partial charge in [0, 0.05) is 0 Å². The molecule has 0 radical (unpaired) electrons. The van der Waals surface area contributed by atoms with Gasteiger partial charge in [-0.2, -0.15) is 0 Å². The Labute approximate surface area is 102 Å². The van der Waals surface area contributed by atoms with Crippen molar-refractivity contribution in [2.45, 2.75) is 44.3 Å². The third-order valence-electron chi connectivity index (χ3n) is 3.38. The Morgan fingerprint density at radius 2 is 2.12 bits per heavy atom. The SMILES string of the molecule is NCCCCCCOC(=O)C1CC2C=CC1O2. The Morgan fingerprint density at radius 3 is 2.76 bits per heavy atom. The fourth-order valence-electron chi connectivity index (χ4n) is 2.38. The van der Waals surface area contributed by atoms with E-state index in [1.165, 1.54) is 0 Å². The second-order valence-electron chi connectivity index (χ2n) is 4.74. The third kappa shape index (κ3) is 3.30. The molecule has 2 rings (SSSR count). The van der Waals surface area contributed by atoms with E-state index in [-0.39, 0.29) is 24.1 Å². The number of nitrogens with two attached hydrogens (primary N) is 1. The maximum absolute atomic E-state index is 11.8. The van der Waals surface area contributed by atoms with Gasteiger partial charge >= 0.3 is 5.97 Å². The normalized spacial score (nSPS) is 29.8. The highest BCUT2D eigenvalue weighted by Gasteiger charge is 2.41. The summed E-state index contributed by atoms with van der Waals surface area (Å²) in [5.74, 6) is -0.172. The van der Waals surface area contributed by atoms with Gasteiger partial charge in [0.05, 0.1) is 24.7 Å². The topological polar surface area (TPSA) is 61.5 Å². The van der Waals surface area contributed by atoms with Crippen LogP contribution in [0.4, 0.5) is 0 Å². The summed E-state index contributed by atoms with van der Waals surface area (Å²) in [4.78, 5) is 11.8. The molecule has 0 aromatic carbocycles. The van der Waals surface area contributed by atoms with Gasteiger partial charge in [0.1, 0.15) is 0 Å². The zero-order valence-corrected chi connectivity index (χ0v) is 10.1. The van der Waals surface area contributed by atoms with Crippen LogP contribution in [-0.4, -0.2) is 31.3 Å². The summed E-state index contributed by atoms with van der Waals surface area (Å²) >= 11 is 0. The van der Waals surface area contributed by atoms with Crippen molar-refractivity contribution in [3.05, 3.63) is 12.2 Å². The van der Waals surface area contributed by atoms with Gasteiger partial charge in [-0.05, 0) is 25.8 Å². The summed E-state index contributed by atoms with van der Waals surface area (Å²) in [7, 11) is 0. The van der Waals surface area contributed by atoms with Crippen LogP contribution in [0.3, 0.4) is 0 Å². The van der Waals surface area contributed by atoms with E-state index in [0.717, 1.165) is 38.6 Å². The van der Waals surface area contributed by atoms with Gasteiger partial charge in [0.15, 0.2) is 0 Å². The standard InChI is InChI=1S/C13H21NO3/c14-7-3-1-2-4-8-16-13(15)11-9-10-5-6-12(11)17-10/h5-6,10-12H,1-4,7-9,14H2. The lowest BCUT2D eigenvalue weighted by Gasteiger charge is -2.14. The van der Waals surface area contributed by atoms with Gasteiger partial charge in [-0.3, -0.25) is 4.79 Å². The molecule has 2 aliphatic rings. The third-order valence-corrected chi connectivity index (χ3v) is 3.38. The molecule has 0 saturated carbocycles. The highest BCUT2D eigenvalue weighted by Crippen LogP contribution is 2.34. The average Bonchev–Trinajstić information content (AvgIpc) is 2.95. The van der Waals surface area contributed by atoms with E-state index in [4.69, 9.17) is 15.2 Å². The molecule has 3 atom stereocenters. The zero-order chi connectivity index (χ0) is 12.1. The maximum atomic E-state index is 11.8.